The summed E-state index contributed by atoms with van der Waals surface area (Å²) < 4.78 is 33.5. The fraction of sp³-hybridized carbons (Fsp3) is 0.316. The molecule has 2 N–H and O–H groups in total. The Morgan fingerprint density at radius 3 is 2.73 bits per heavy atom. The Labute approximate surface area is 153 Å². The van der Waals surface area contributed by atoms with E-state index in [9.17, 15) is 13.2 Å². The van der Waals surface area contributed by atoms with E-state index in [1.54, 1.807) is 30.3 Å². The van der Waals surface area contributed by atoms with Gasteiger partial charge in [-0.3, -0.25) is 9.52 Å². The molecule has 0 saturated heterocycles. The van der Waals surface area contributed by atoms with Crippen molar-refractivity contribution in [3.8, 4) is 5.75 Å². The number of hydrogen-bond acceptors (Lipinski definition) is 4. The van der Waals surface area contributed by atoms with Crippen molar-refractivity contribution in [1.82, 2.24) is 5.32 Å². The number of hydrogen-bond donors (Lipinski definition) is 2. The number of ether oxygens (including phenoxy) is 1. The molecule has 0 fully saturated rings. The first kappa shape index (κ1) is 18.3. The van der Waals surface area contributed by atoms with Gasteiger partial charge in [-0.1, -0.05) is 13.0 Å². The third kappa shape index (κ3) is 3.83. The maximum atomic E-state index is 12.7. The quantitative estimate of drug-likeness (QED) is 0.814. The van der Waals surface area contributed by atoms with E-state index in [0.717, 1.165) is 24.0 Å². The van der Waals surface area contributed by atoms with E-state index >= 15 is 0 Å². The summed E-state index contributed by atoms with van der Waals surface area (Å²) in [6, 6.07) is 9.82. The van der Waals surface area contributed by atoms with E-state index in [4.69, 9.17) is 4.74 Å². The highest BCUT2D eigenvalue weighted by atomic mass is 32.2. The lowest BCUT2D eigenvalue weighted by molar-refractivity contribution is 0.0946. The van der Waals surface area contributed by atoms with Crippen LogP contribution in [0, 0.1) is 6.92 Å². The molecular formula is C19H22N2O4S. The Hall–Kier alpha value is -2.54. The number of benzene rings is 2. The van der Waals surface area contributed by atoms with Crippen LogP contribution >= 0.6 is 0 Å². The van der Waals surface area contributed by atoms with Crippen molar-refractivity contribution in [1.29, 1.82) is 0 Å². The van der Waals surface area contributed by atoms with E-state index in [0.29, 0.717) is 30.2 Å². The van der Waals surface area contributed by atoms with Gasteiger partial charge in [0.05, 0.1) is 11.5 Å². The first-order valence-electron chi connectivity index (χ1n) is 8.58. The molecule has 0 aliphatic carbocycles. The standard InChI is InChI=1S/C19H22N2O4S/c1-3-10-25-18-7-6-16(11-13(18)2)26(23,24)21-15-5-4-14-8-9-20-19(22)17(14)12-15/h4-7,11-12,21H,3,8-10H2,1-2H3,(H,20,22). The lowest BCUT2D eigenvalue weighted by atomic mass is 10.00. The maximum absolute atomic E-state index is 12.7. The summed E-state index contributed by atoms with van der Waals surface area (Å²) in [5.74, 6) is 0.497. The normalized spacial score (nSPS) is 13.7. The highest BCUT2D eigenvalue weighted by Gasteiger charge is 2.20. The summed E-state index contributed by atoms with van der Waals surface area (Å²) in [5.41, 5.74) is 2.55. The number of nitrogens with one attached hydrogen (secondary N) is 2. The Morgan fingerprint density at radius 1 is 1.19 bits per heavy atom. The Kier molecular flexibility index (Phi) is 5.18. The number of anilines is 1. The highest BCUT2D eigenvalue weighted by molar-refractivity contribution is 7.92. The second kappa shape index (κ2) is 7.37. The minimum atomic E-state index is -3.75. The average Bonchev–Trinajstić information content (AvgIpc) is 2.61. The summed E-state index contributed by atoms with van der Waals surface area (Å²) in [4.78, 5) is 12.1. The predicted molar refractivity (Wildman–Crippen MR) is 100 cm³/mol. The molecule has 1 heterocycles. The van der Waals surface area contributed by atoms with Crippen LogP contribution in [0.15, 0.2) is 41.3 Å². The van der Waals surface area contributed by atoms with Gasteiger partial charge in [-0.25, -0.2) is 8.42 Å². The van der Waals surface area contributed by atoms with Gasteiger partial charge in [-0.05, 0) is 61.2 Å². The van der Waals surface area contributed by atoms with E-state index in [1.165, 1.54) is 6.07 Å². The Balaban J connectivity index is 1.84. The van der Waals surface area contributed by atoms with Gasteiger partial charge >= 0.3 is 0 Å². The molecular weight excluding hydrogens is 352 g/mol. The van der Waals surface area contributed by atoms with Crippen molar-refractivity contribution in [3.05, 3.63) is 53.1 Å². The number of carbonyl (C=O) groups excluding carboxylic acids is 1. The molecule has 0 unspecified atom stereocenters. The van der Waals surface area contributed by atoms with Gasteiger partial charge < -0.3 is 10.1 Å². The third-order valence-electron chi connectivity index (χ3n) is 4.20. The molecule has 0 bridgehead atoms. The summed E-state index contributed by atoms with van der Waals surface area (Å²) in [6.07, 6.45) is 1.62. The van der Waals surface area contributed by atoms with E-state index in [-0.39, 0.29) is 10.8 Å². The highest BCUT2D eigenvalue weighted by Crippen LogP contribution is 2.25. The minimum absolute atomic E-state index is 0.154. The van der Waals surface area contributed by atoms with E-state index in [1.807, 2.05) is 13.8 Å². The van der Waals surface area contributed by atoms with Crippen LogP contribution in [0.2, 0.25) is 0 Å². The number of amides is 1. The van der Waals surface area contributed by atoms with Crippen molar-refractivity contribution in [3.63, 3.8) is 0 Å². The van der Waals surface area contributed by atoms with Crippen molar-refractivity contribution >= 4 is 21.6 Å². The molecule has 0 aromatic heterocycles. The third-order valence-corrected chi connectivity index (χ3v) is 5.58. The van der Waals surface area contributed by atoms with Crippen LogP contribution in [0.5, 0.6) is 5.75 Å². The zero-order valence-corrected chi connectivity index (χ0v) is 15.7. The van der Waals surface area contributed by atoms with Crippen LogP contribution in [0.1, 0.15) is 34.8 Å². The lowest BCUT2D eigenvalue weighted by Crippen LogP contribution is -2.31. The zero-order chi connectivity index (χ0) is 18.7. The van der Waals surface area contributed by atoms with Crippen molar-refractivity contribution < 1.29 is 17.9 Å². The van der Waals surface area contributed by atoms with Crippen LogP contribution in [-0.2, 0) is 16.4 Å². The molecule has 1 amide bonds. The average molecular weight is 374 g/mol. The topological polar surface area (TPSA) is 84.5 Å². The molecule has 0 radical (unpaired) electrons. The summed E-state index contributed by atoms with van der Waals surface area (Å²) in [5, 5.41) is 2.76. The molecule has 6 nitrogen and oxygen atoms in total. The van der Waals surface area contributed by atoms with E-state index < -0.39 is 10.0 Å². The molecule has 2 aromatic rings. The molecule has 138 valence electrons. The second-order valence-electron chi connectivity index (χ2n) is 6.26. The van der Waals surface area contributed by atoms with Gasteiger partial charge in [0.1, 0.15) is 5.75 Å². The number of aryl methyl sites for hydroxylation is 1. The molecule has 0 spiro atoms. The molecule has 0 atom stereocenters. The van der Waals surface area contributed by atoms with Gasteiger partial charge in [0.25, 0.3) is 15.9 Å². The summed E-state index contributed by atoms with van der Waals surface area (Å²) in [7, 11) is -3.75. The molecule has 3 rings (SSSR count). The van der Waals surface area contributed by atoms with Crippen molar-refractivity contribution in [2.75, 3.05) is 17.9 Å². The maximum Gasteiger partial charge on any atom is 0.261 e. The SMILES string of the molecule is CCCOc1ccc(S(=O)(=O)Nc2ccc3c(c2)C(=O)NCC3)cc1C. The van der Waals surface area contributed by atoms with Crippen molar-refractivity contribution in [2.45, 2.75) is 31.6 Å². The molecule has 1 aliphatic rings. The molecule has 2 aromatic carbocycles. The monoisotopic (exact) mass is 374 g/mol. The summed E-state index contributed by atoms with van der Waals surface area (Å²) in [6.45, 7) is 5.01. The van der Waals surface area contributed by atoms with Crippen LogP contribution < -0.4 is 14.8 Å². The Morgan fingerprint density at radius 2 is 2.00 bits per heavy atom. The first-order chi connectivity index (χ1) is 12.4. The van der Waals surface area contributed by atoms with Gasteiger partial charge in [0, 0.05) is 17.8 Å². The number of fused-ring (bicyclic) bond motifs is 1. The zero-order valence-electron chi connectivity index (χ0n) is 14.8. The Bertz CT molecular complexity index is 939. The van der Waals surface area contributed by atoms with Gasteiger partial charge in [0.2, 0.25) is 0 Å². The molecule has 7 heteroatoms. The fourth-order valence-corrected chi connectivity index (χ4v) is 3.99. The first-order valence-corrected chi connectivity index (χ1v) is 10.1. The van der Waals surface area contributed by atoms with Crippen molar-refractivity contribution in [2.24, 2.45) is 0 Å². The van der Waals surface area contributed by atoms with Gasteiger partial charge in [-0.2, -0.15) is 0 Å². The van der Waals surface area contributed by atoms with Crippen LogP contribution in [0.4, 0.5) is 5.69 Å². The van der Waals surface area contributed by atoms with Gasteiger partial charge in [-0.15, -0.1) is 0 Å². The largest absolute Gasteiger partial charge is 0.493 e. The predicted octanol–water partition coefficient (Wildman–Crippen LogP) is 2.87. The number of sulfonamides is 1. The number of carbonyl (C=O) groups is 1. The second-order valence-corrected chi connectivity index (χ2v) is 7.94. The van der Waals surface area contributed by atoms with Crippen LogP contribution in [0.3, 0.4) is 0 Å². The lowest BCUT2D eigenvalue weighted by Gasteiger charge is -2.18. The number of rotatable bonds is 6. The molecule has 0 saturated carbocycles. The van der Waals surface area contributed by atoms with Crippen LogP contribution in [0.25, 0.3) is 0 Å². The molecule has 1 aliphatic heterocycles. The summed E-state index contributed by atoms with van der Waals surface area (Å²) >= 11 is 0. The fourth-order valence-electron chi connectivity index (χ4n) is 2.85. The van der Waals surface area contributed by atoms with E-state index in [2.05, 4.69) is 10.0 Å². The van der Waals surface area contributed by atoms with Crippen LogP contribution in [-0.4, -0.2) is 27.5 Å². The smallest absolute Gasteiger partial charge is 0.261 e. The van der Waals surface area contributed by atoms with Gasteiger partial charge in [0.15, 0.2) is 0 Å². The molecule has 26 heavy (non-hydrogen) atoms. The minimum Gasteiger partial charge on any atom is -0.493 e.